The molecule has 3 heteroatoms. The molecule has 122 valence electrons. The number of hydrogen-bond donors (Lipinski definition) is 0. The highest BCUT2D eigenvalue weighted by Crippen LogP contribution is 2.26. The minimum atomic E-state index is -3.31. The summed E-state index contributed by atoms with van der Waals surface area (Å²) in [5.41, 5.74) is 1.09. The molecule has 0 radical (unpaired) electrons. The van der Waals surface area contributed by atoms with Gasteiger partial charge in [-0.3, -0.25) is 0 Å². The summed E-state index contributed by atoms with van der Waals surface area (Å²) in [6.07, 6.45) is 13.2. The van der Waals surface area contributed by atoms with E-state index in [-0.39, 0.29) is 0 Å². The Kier molecular flexibility index (Phi) is 6.69. The van der Waals surface area contributed by atoms with Gasteiger partial charge in [-0.2, -0.15) is 0 Å². The van der Waals surface area contributed by atoms with Gasteiger partial charge >= 0.3 is 0 Å². The highest BCUT2D eigenvalue weighted by Gasteiger charge is 2.20. The maximum Gasteiger partial charge on any atom is 0.202 e. The summed E-state index contributed by atoms with van der Waals surface area (Å²) in [5.74, 6) is 0. The summed E-state index contributed by atoms with van der Waals surface area (Å²) in [7, 11) is -3.31. The van der Waals surface area contributed by atoms with Crippen LogP contribution in [0.25, 0.3) is 0 Å². The van der Waals surface area contributed by atoms with Crippen LogP contribution in [0.15, 0.2) is 40.1 Å². The lowest BCUT2D eigenvalue weighted by Gasteiger charge is -2.11. The van der Waals surface area contributed by atoms with Crippen LogP contribution in [-0.2, 0) is 9.84 Å². The fourth-order valence-corrected chi connectivity index (χ4v) is 4.53. The first kappa shape index (κ1) is 17.3. The molecule has 1 aliphatic rings. The molecular formula is C19H28O2S. The molecule has 0 N–H and O–H groups in total. The predicted molar refractivity (Wildman–Crippen MR) is 92.6 cm³/mol. The van der Waals surface area contributed by atoms with Gasteiger partial charge in [0, 0.05) is 4.91 Å². The zero-order chi connectivity index (χ0) is 15.8. The number of aryl methyl sites for hydroxylation is 1. The third kappa shape index (κ3) is 4.98. The van der Waals surface area contributed by atoms with Gasteiger partial charge in [0.05, 0.1) is 4.90 Å². The SMILES string of the molecule is Cc1ccc(S(=O)(=O)/C2=C/CCCCCCCCCC2)cc1. The molecule has 0 saturated heterocycles. The quantitative estimate of drug-likeness (QED) is 0.714. The summed E-state index contributed by atoms with van der Waals surface area (Å²) in [6, 6.07) is 7.23. The Hall–Kier alpha value is -1.09. The monoisotopic (exact) mass is 320 g/mol. The van der Waals surface area contributed by atoms with Crippen LogP contribution in [0.5, 0.6) is 0 Å². The summed E-state index contributed by atoms with van der Waals surface area (Å²) in [5, 5.41) is 0. The van der Waals surface area contributed by atoms with Crippen LogP contribution in [0.3, 0.4) is 0 Å². The number of hydrogen-bond acceptors (Lipinski definition) is 2. The van der Waals surface area contributed by atoms with E-state index in [1.807, 2.05) is 25.1 Å². The van der Waals surface area contributed by atoms with Gasteiger partial charge in [0.1, 0.15) is 0 Å². The van der Waals surface area contributed by atoms with Crippen molar-refractivity contribution < 1.29 is 8.42 Å². The van der Waals surface area contributed by atoms with E-state index < -0.39 is 9.84 Å². The van der Waals surface area contributed by atoms with Crippen LogP contribution in [0.4, 0.5) is 0 Å². The topological polar surface area (TPSA) is 34.1 Å². The predicted octanol–water partition coefficient (Wildman–Crippen LogP) is 5.57. The summed E-state index contributed by atoms with van der Waals surface area (Å²) in [4.78, 5) is 1.08. The van der Waals surface area contributed by atoms with Crippen molar-refractivity contribution in [2.24, 2.45) is 0 Å². The highest BCUT2D eigenvalue weighted by molar-refractivity contribution is 7.95. The smallest absolute Gasteiger partial charge is 0.202 e. The van der Waals surface area contributed by atoms with Crippen LogP contribution in [0.1, 0.15) is 69.8 Å². The average molecular weight is 320 g/mol. The number of sulfone groups is 1. The zero-order valence-electron chi connectivity index (χ0n) is 13.7. The van der Waals surface area contributed by atoms with Gasteiger partial charge in [-0.1, -0.05) is 62.3 Å². The van der Waals surface area contributed by atoms with E-state index in [4.69, 9.17) is 0 Å². The fraction of sp³-hybridized carbons (Fsp3) is 0.579. The van der Waals surface area contributed by atoms with Crippen LogP contribution >= 0.6 is 0 Å². The van der Waals surface area contributed by atoms with Crippen molar-refractivity contribution in [3.63, 3.8) is 0 Å². The molecule has 0 saturated carbocycles. The van der Waals surface area contributed by atoms with E-state index >= 15 is 0 Å². The molecule has 0 fully saturated rings. The summed E-state index contributed by atoms with van der Waals surface area (Å²) < 4.78 is 25.7. The second kappa shape index (κ2) is 8.52. The van der Waals surface area contributed by atoms with Crippen LogP contribution < -0.4 is 0 Å². The first-order valence-electron chi connectivity index (χ1n) is 8.61. The van der Waals surface area contributed by atoms with Crippen molar-refractivity contribution in [1.29, 1.82) is 0 Å². The largest absolute Gasteiger partial charge is 0.219 e. The normalized spacial score (nSPS) is 21.2. The maximum atomic E-state index is 12.8. The van der Waals surface area contributed by atoms with Crippen molar-refractivity contribution in [3.8, 4) is 0 Å². The van der Waals surface area contributed by atoms with Crippen molar-refractivity contribution >= 4 is 9.84 Å². The summed E-state index contributed by atoms with van der Waals surface area (Å²) >= 11 is 0. The van der Waals surface area contributed by atoms with Gasteiger partial charge in [0.25, 0.3) is 0 Å². The Morgan fingerprint density at radius 2 is 1.32 bits per heavy atom. The third-order valence-electron chi connectivity index (χ3n) is 4.43. The van der Waals surface area contributed by atoms with Gasteiger partial charge in [-0.25, -0.2) is 8.42 Å². The molecule has 0 aliphatic heterocycles. The molecule has 0 bridgehead atoms. The number of rotatable bonds is 2. The molecule has 2 nitrogen and oxygen atoms in total. The number of benzene rings is 1. The van der Waals surface area contributed by atoms with E-state index in [1.54, 1.807) is 12.1 Å². The molecule has 0 heterocycles. The Bertz CT molecular complexity index is 582. The maximum absolute atomic E-state index is 12.8. The first-order valence-corrected chi connectivity index (χ1v) is 10.1. The molecule has 0 atom stereocenters. The molecule has 0 amide bonds. The van der Waals surface area contributed by atoms with Crippen molar-refractivity contribution in [2.75, 3.05) is 0 Å². The van der Waals surface area contributed by atoms with E-state index in [9.17, 15) is 8.42 Å². The number of allylic oxidation sites excluding steroid dienone is 2. The third-order valence-corrected chi connectivity index (χ3v) is 6.38. The summed E-state index contributed by atoms with van der Waals surface area (Å²) in [6.45, 7) is 1.98. The lowest BCUT2D eigenvalue weighted by molar-refractivity contribution is 0.561. The molecule has 0 unspecified atom stereocenters. The van der Waals surface area contributed by atoms with Crippen LogP contribution in [-0.4, -0.2) is 8.42 Å². The average Bonchev–Trinajstić information content (AvgIpc) is 2.48. The van der Waals surface area contributed by atoms with Crippen molar-refractivity contribution in [3.05, 3.63) is 40.8 Å². The Labute approximate surface area is 135 Å². The minimum absolute atomic E-state index is 0.441. The van der Waals surface area contributed by atoms with E-state index in [2.05, 4.69) is 0 Å². The van der Waals surface area contributed by atoms with Gasteiger partial charge in [-0.15, -0.1) is 0 Å². The molecule has 1 aromatic rings. The lowest BCUT2D eigenvalue weighted by atomic mass is 10.0. The van der Waals surface area contributed by atoms with E-state index in [0.717, 1.165) is 31.2 Å². The van der Waals surface area contributed by atoms with E-state index in [0.29, 0.717) is 16.2 Å². The van der Waals surface area contributed by atoms with Crippen molar-refractivity contribution in [1.82, 2.24) is 0 Å². The molecule has 22 heavy (non-hydrogen) atoms. The van der Waals surface area contributed by atoms with Gasteiger partial charge < -0.3 is 0 Å². The molecular weight excluding hydrogens is 292 g/mol. The minimum Gasteiger partial charge on any atom is -0.219 e. The molecule has 0 aromatic heterocycles. The Morgan fingerprint density at radius 1 is 0.773 bits per heavy atom. The van der Waals surface area contributed by atoms with Crippen LogP contribution in [0.2, 0.25) is 0 Å². The molecule has 1 aromatic carbocycles. The fourth-order valence-electron chi connectivity index (χ4n) is 2.98. The Balaban J connectivity index is 2.18. The van der Waals surface area contributed by atoms with Gasteiger partial charge in [0.2, 0.25) is 9.84 Å². The second-order valence-corrected chi connectivity index (χ2v) is 8.36. The molecule has 0 spiro atoms. The van der Waals surface area contributed by atoms with Crippen molar-refractivity contribution in [2.45, 2.75) is 76.0 Å². The van der Waals surface area contributed by atoms with Crippen LogP contribution in [0, 0.1) is 6.92 Å². The second-order valence-electron chi connectivity index (χ2n) is 6.35. The highest BCUT2D eigenvalue weighted by atomic mass is 32.2. The van der Waals surface area contributed by atoms with Gasteiger partial charge in [-0.05, 0) is 44.7 Å². The van der Waals surface area contributed by atoms with E-state index in [1.165, 1.54) is 32.1 Å². The van der Waals surface area contributed by atoms with Gasteiger partial charge in [0.15, 0.2) is 0 Å². The Morgan fingerprint density at radius 3 is 1.95 bits per heavy atom. The molecule has 2 rings (SSSR count). The zero-order valence-corrected chi connectivity index (χ0v) is 14.5. The standard InChI is InChI=1S/C19H28O2S/c1-17-13-15-19(16-14-17)22(20,21)18-11-9-7-5-3-2-4-6-8-10-12-18/h11,13-16H,2-10,12H2,1H3/b18-11+. The molecule has 1 aliphatic carbocycles. The lowest BCUT2D eigenvalue weighted by Crippen LogP contribution is -2.06. The first-order chi connectivity index (χ1) is 10.6.